The fraction of sp³-hybridized carbons (Fsp3) is 0.562. The van der Waals surface area contributed by atoms with Crippen molar-refractivity contribution in [2.45, 2.75) is 38.1 Å². The van der Waals surface area contributed by atoms with Crippen LogP contribution < -0.4 is 10.5 Å². The predicted molar refractivity (Wildman–Crippen MR) is 98.7 cm³/mol. The molecule has 0 heterocycles. The molecule has 0 fully saturated rings. The fourth-order valence-corrected chi connectivity index (χ4v) is 3.03. The fourth-order valence-electron chi connectivity index (χ4n) is 2.01. The molecule has 0 aliphatic rings. The Morgan fingerprint density at radius 3 is 2.33 bits per heavy atom. The summed E-state index contributed by atoms with van der Waals surface area (Å²) in [7, 11) is -1.93. The SMILES string of the molecule is CCC(C)C(N)C(=O)N(C)CCNS(=O)(=O)c1ccc(C)cc1.Cl. The van der Waals surface area contributed by atoms with Crippen molar-refractivity contribution >= 4 is 28.3 Å². The summed E-state index contributed by atoms with van der Waals surface area (Å²) in [6.07, 6.45) is 0.820. The molecule has 0 radical (unpaired) electrons. The van der Waals surface area contributed by atoms with Crippen LogP contribution in [0.5, 0.6) is 0 Å². The van der Waals surface area contributed by atoms with Crippen molar-refractivity contribution in [3.8, 4) is 0 Å². The van der Waals surface area contributed by atoms with Crippen LogP contribution in [-0.4, -0.2) is 45.4 Å². The molecule has 2 atom stereocenters. The Morgan fingerprint density at radius 2 is 1.83 bits per heavy atom. The lowest BCUT2D eigenvalue weighted by Gasteiger charge is -2.24. The van der Waals surface area contributed by atoms with Crippen molar-refractivity contribution in [1.82, 2.24) is 9.62 Å². The van der Waals surface area contributed by atoms with Gasteiger partial charge in [-0.25, -0.2) is 13.1 Å². The number of hydrogen-bond acceptors (Lipinski definition) is 4. The maximum absolute atomic E-state index is 12.1. The zero-order valence-electron chi connectivity index (χ0n) is 14.7. The molecule has 1 amide bonds. The monoisotopic (exact) mass is 377 g/mol. The second kappa shape index (κ2) is 9.98. The number of halogens is 1. The van der Waals surface area contributed by atoms with Gasteiger partial charge in [-0.1, -0.05) is 38.0 Å². The Labute approximate surface area is 151 Å². The van der Waals surface area contributed by atoms with Crippen molar-refractivity contribution in [2.24, 2.45) is 11.7 Å². The summed E-state index contributed by atoms with van der Waals surface area (Å²) < 4.78 is 26.8. The summed E-state index contributed by atoms with van der Waals surface area (Å²) in [6, 6.07) is 6.06. The molecule has 0 spiro atoms. The molecule has 2 unspecified atom stereocenters. The van der Waals surface area contributed by atoms with Crippen LogP contribution >= 0.6 is 12.4 Å². The highest BCUT2D eigenvalue weighted by Gasteiger charge is 2.23. The number of hydrogen-bond donors (Lipinski definition) is 2. The van der Waals surface area contributed by atoms with Gasteiger partial charge >= 0.3 is 0 Å². The van der Waals surface area contributed by atoms with E-state index in [1.54, 1.807) is 31.3 Å². The molecule has 6 nitrogen and oxygen atoms in total. The van der Waals surface area contributed by atoms with Gasteiger partial charge in [0.05, 0.1) is 10.9 Å². The van der Waals surface area contributed by atoms with E-state index in [1.165, 1.54) is 4.90 Å². The topological polar surface area (TPSA) is 92.5 Å². The highest BCUT2D eigenvalue weighted by atomic mass is 35.5. The number of nitrogens with one attached hydrogen (secondary N) is 1. The third kappa shape index (κ3) is 6.39. The molecule has 0 aromatic heterocycles. The van der Waals surface area contributed by atoms with Gasteiger partial charge in [0.25, 0.3) is 0 Å². The summed E-state index contributed by atoms with van der Waals surface area (Å²) in [5.41, 5.74) is 6.90. The molecule has 138 valence electrons. The van der Waals surface area contributed by atoms with Crippen molar-refractivity contribution in [1.29, 1.82) is 0 Å². The van der Waals surface area contributed by atoms with Crippen LogP contribution in [-0.2, 0) is 14.8 Å². The van der Waals surface area contributed by atoms with Gasteiger partial charge in [-0.3, -0.25) is 4.79 Å². The van der Waals surface area contributed by atoms with E-state index in [0.717, 1.165) is 12.0 Å². The molecule has 0 aliphatic heterocycles. The number of carbonyl (C=O) groups is 1. The van der Waals surface area contributed by atoms with Crippen LogP contribution in [0.25, 0.3) is 0 Å². The number of benzene rings is 1. The second-order valence-electron chi connectivity index (χ2n) is 5.88. The minimum absolute atomic E-state index is 0. The molecule has 8 heteroatoms. The molecule has 1 rings (SSSR count). The van der Waals surface area contributed by atoms with Crippen LogP contribution in [0.2, 0.25) is 0 Å². The number of nitrogens with two attached hydrogens (primary N) is 1. The number of likely N-dealkylation sites (N-methyl/N-ethyl adjacent to an activating group) is 1. The molecule has 0 saturated heterocycles. The van der Waals surface area contributed by atoms with Crippen LogP contribution in [0.1, 0.15) is 25.8 Å². The third-order valence-electron chi connectivity index (χ3n) is 3.99. The Hall–Kier alpha value is -1.15. The standard InChI is InChI=1S/C16H27N3O3S.ClH/c1-5-13(3)15(17)16(20)19(4)11-10-18-23(21,22)14-8-6-12(2)7-9-14;/h6-9,13,15,18H,5,10-11,17H2,1-4H3;1H. The lowest BCUT2D eigenvalue weighted by molar-refractivity contribution is -0.132. The third-order valence-corrected chi connectivity index (χ3v) is 5.47. The van der Waals surface area contributed by atoms with E-state index in [1.807, 2.05) is 20.8 Å². The summed E-state index contributed by atoms with van der Waals surface area (Å²) in [6.45, 7) is 6.22. The van der Waals surface area contributed by atoms with Crippen LogP contribution in [0.4, 0.5) is 0 Å². The first-order chi connectivity index (χ1) is 10.7. The number of sulfonamides is 1. The van der Waals surface area contributed by atoms with Gasteiger partial charge in [0.2, 0.25) is 15.9 Å². The maximum atomic E-state index is 12.1. The number of carbonyl (C=O) groups excluding carboxylic acids is 1. The van der Waals surface area contributed by atoms with Gasteiger partial charge in [0.15, 0.2) is 0 Å². The highest BCUT2D eigenvalue weighted by Crippen LogP contribution is 2.10. The molecular weight excluding hydrogens is 350 g/mol. The van der Waals surface area contributed by atoms with Crippen molar-refractivity contribution in [3.05, 3.63) is 29.8 Å². The molecule has 3 N–H and O–H groups in total. The number of nitrogens with zero attached hydrogens (tertiary/aromatic N) is 1. The summed E-state index contributed by atoms with van der Waals surface area (Å²) >= 11 is 0. The van der Waals surface area contributed by atoms with E-state index in [9.17, 15) is 13.2 Å². The molecular formula is C16H28ClN3O3S. The molecule has 0 saturated carbocycles. The zero-order chi connectivity index (χ0) is 17.6. The van der Waals surface area contributed by atoms with E-state index < -0.39 is 16.1 Å². The average molecular weight is 378 g/mol. The molecule has 0 aliphatic carbocycles. The highest BCUT2D eigenvalue weighted by molar-refractivity contribution is 7.89. The smallest absolute Gasteiger partial charge is 0.240 e. The van der Waals surface area contributed by atoms with E-state index >= 15 is 0 Å². The Morgan fingerprint density at radius 1 is 1.29 bits per heavy atom. The lowest BCUT2D eigenvalue weighted by atomic mass is 9.99. The van der Waals surface area contributed by atoms with E-state index in [4.69, 9.17) is 5.73 Å². The van der Waals surface area contributed by atoms with Crippen LogP contribution in [0.15, 0.2) is 29.2 Å². The van der Waals surface area contributed by atoms with E-state index in [2.05, 4.69) is 4.72 Å². The van der Waals surface area contributed by atoms with Crippen LogP contribution in [0.3, 0.4) is 0 Å². The van der Waals surface area contributed by atoms with E-state index in [0.29, 0.717) is 0 Å². The normalized spacial score (nSPS) is 13.7. The van der Waals surface area contributed by atoms with Crippen molar-refractivity contribution < 1.29 is 13.2 Å². The number of rotatable bonds is 8. The second-order valence-corrected chi connectivity index (χ2v) is 7.65. The number of aryl methyl sites for hydroxylation is 1. The van der Waals surface area contributed by atoms with Gasteiger partial charge in [-0.2, -0.15) is 0 Å². The molecule has 24 heavy (non-hydrogen) atoms. The van der Waals surface area contributed by atoms with Gasteiger partial charge in [0.1, 0.15) is 0 Å². The molecule has 1 aromatic rings. The maximum Gasteiger partial charge on any atom is 0.240 e. The Kier molecular flexibility index (Phi) is 9.50. The van der Waals surface area contributed by atoms with Gasteiger partial charge < -0.3 is 10.6 Å². The van der Waals surface area contributed by atoms with Gasteiger partial charge in [-0.05, 0) is 25.0 Å². The zero-order valence-corrected chi connectivity index (χ0v) is 16.3. The van der Waals surface area contributed by atoms with Gasteiger partial charge in [0, 0.05) is 20.1 Å². The summed E-state index contributed by atoms with van der Waals surface area (Å²) in [5, 5.41) is 0. The first kappa shape index (κ1) is 22.9. The first-order valence-electron chi connectivity index (χ1n) is 7.76. The largest absolute Gasteiger partial charge is 0.343 e. The molecule has 1 aromatic carbocycles. The summed E-state index contributed by atoms with van der Waals surface area (Å²) in [4.78, 5) is 13.8. The molecule has 0 bridgehead atoms. The van der Waals surface area contributed by atoms with Crippen molar-refractivity contribution in [2.75, 3.05) is 20.1 Å². The Bertz CT molecular complexity index is 620. The Balaban J connectivity index is 0.00000529. The quantitative estimate of drug-likeness (QED) is 0.718. The van der Waals surface area contributed by atoms with Gasteiger partial charge in [-0.15, -0.1) is 12.4 Å². The summed E-state index contributed by atoms with van der Waals surface area (Å²) in [5.74, 6) is -0.0805. The number of amides is 1. The van der Waals surface area contributed by atoms with Crippen molar-refractivity contribution in [3.63, 3.8) is 0 Å². The average Bonchev–Trinajstić information content (AvgIpc) is 2.52. The first-order valence-corrected chi connectivity index (χ1v) is 9.24. The van der Waals surface area contributed by atoms with E-state index in [-0.39, 0.29) is 42.2 Å². The minimum Gasteiger partial charge on any atom is -0.343 e. The lowest BCUT2D eigenvalue weighted by Crippen LogP contribution is -2.47. The minimum atomic E-state index is -3.56. The predicted octanol–water partition coefficient (Wildman–Crippen LogP) is 1.53. The van der Waals surface area contributed by atoms with Crippen LogP contribution in [0, 0.1) is 12.8 Å².